The number of aliphatic hydroxyl groups excluding tert-OH is 1. The molecule has 0 rings (SSSR count). The summed E-state index contributed by atoms with van der Waals surface area (Å²) in [5.41, 5.74) is 1.10. The summed E-state index contributed by atoms with van der Waals surface area (Å²) in [6.45, 7) is 7.95. The second-order valence-corrected chi connectivity index (χ2v) is 3.55. The van der Waals surface area contributed by atoms with Gasteiger partial charge in [-0.15, -0.1) is 0 Å². The highest BCUT2D eigenvalue weighted by Crippen LogP contribution is 2.12. The lowest BCUT2D eigenvalue weighted by Gasteiger charge is -2.19. The molecular weight excluding hydrogens is 152 g/mol. The van der Waals surface area contributed by atoms with E-state index in [1.165, 1.54) is 0 Å². The molecule has 2 atom stereocenters. The van der Waals surface area contributed by atoms with E-state index in [9.17, 15) is 5.11 Å². The third kappa shape index (κ3) is 3.88. The van der Waals surface area contributed by atoms with Gasteiger partial charge in [-0.05, 0) is 25.3 Å². The molecule has 0 aromatic heterocycles. The van der Waals surface area contributed by atoms with E-state index < -0.39 is 6.10 Å². The van der Waals surface area contributed by atoms with E-state index in [2.05, 4.69) is 19.9 Å². The summed E-state index contributed by atoms with van der Waals surface area (Å²) in [6, 6.07) is 0. The summed E-state index contributed by atoms with van der Waals surface area (Å²) >= 11 is 0. The van der Waals surface area contributed by atoms with Crippen LogP contribution in [0.1, 0.15) is 27.7 Å². The monoisotopic (exact) mass is 172 g/mol. The highest BCUT2D eigenvalue weighted by molar-refractivity contribution is 5.08. The van der Waals surface area contributed by atoms with Gasteiger partial charge in [-0.1, -0.05) is 19.9 Å². The van der Waals surface area contributed by atoms with Gasteiger partial charge >= 0.3 is 0 Å². The first kappa shape index (κ1) is 11.7. The molecule has 0 aromatic carbocycles. The Morgan fingerprint density at radius 2 is 1.83 bits per heavy atom. The molecule has 12 heavy (non-hydrogen) atoms. The Hall–Kier alpha value is -0.340. The Bertz CT molecular complexity index is 148. The molecule has 1 N–H and O–H groups in total. The molecule has 0 aromatic rings. The number of hydrogen-bond acceptors (Lipinski definition) is 2. The zero-order valence-electron chi connectivity index (χ0n) is 8.66. The molecule has 0 aliphatic carbocycles. The minimum absolute atomic E-state index is 0.160. The van der Waals surface area contributed by atoms with Gasteiger partial charge in [-0.25, -0.2) is 0 Å². The van der Waals surface area contributed by atoms with E-state index in [0.717, 1.165) is 5.57 Å². The Morgan fingerprint density at radius 3 is 2.08 bits per heavy atom. The van der Waals surface area contributed by atoms with Crippen molar-refractivity contribution < 1.29 is 9.84 Å². The van der Waals surface area contributed by atoms with E-state index in [1.54, 1.807) is 14.0 Å². The largest absolute Gasteiger partial charge is 0.390 e. The quantitative estimate of drug-likeness (QED) is 0.657. The lowest BCUT2D eigenvalue weighted by Crippen LogP contribution is -2.26. The molecule has 0 amide bonds. The van der Waals surface area contributed by atoms with Gasteiger partial charge in [0.1, 0.15) is 6.10 Å². The fourth-order valence-corrected chi connectivity index (χ4v) is 1.38. The second kappa shape index (κ2) is 5.33. The van der Waals surface area contributed by atoms with Gasteiger partial charge in [0.15, 0.2) is 0 Å². The molecule has 0 aliphatic heterocycles. The molecule has 0 bridgehead atoms. The molecule has 0 heterocycles. The molecular formula is C10H20O2. The maximum atomic E-state index is 9.33. The van der Waals surface area contributed by atoms with Gasteiger partial charge in [0.25, 0.3) is 0 Å². The Morgan fingerprint density at radius 1 is 1.33 bits per heavy atom. The number of rotatable bonds is 4. The smallest absolute Gasteiger partial charge is 0.103 e. The lowest BCUT2D eigenvalue weighted by atomic mass is 10.0. The predicted molar refractivity (Wildman–Crippen MR) is 51.1 cm³/mol. The van der Waals surface area contributed by atoms with Gasteiger partial charge in [0, 0.05) is 7.11 Å². The lowest BCUT2D eigenvalue weighted by molar-refractivity contribution is 0.0204. The standard InChI is InChI=1S/C10H20O2/c1-7(2)6-8(3)10(12-5)9(4)11/h6-7,9-11H,1-5H3/b8-6+. The summed E-state index contributed by atoms with van der Waals surface area (Å²) in [4.78, 5) is 0. The minimum atomic E-state index is -0.440. The second-order valence-electron chi connectivity index (χ2n) is 3.55. The maximum Gasteiger partial charge on any atom is 0.103 e. The molecule has 2 heteroatoms. The van der Waals surface area contributed by atoms with Gasteiger partial charge in [0.05, 0.1) is 6.10 Å². The average Bonchev–Trinajstić information content (AvgIpc) is 1.85. The van der Waals surface area contributed by atoms with Crippen molar-refractivity contribution in [1.82, 2.24) is 0 Å². The topological polar surface area (TPSA) is 29.5 Å². The summed E-state index contributed by atoms with van der Waals surface area (Å²) in [5, 5.41) is 9.33. The van der Waals surface area contributed by atoms with Crippen LogP contribution in [0.5, 0.6) is 0 Å². The van der Waals surface area contributed by atoms with Crippen LogP contribution in [0.25, 0.3) is 0 Å². The average molecular weight is 172 g/mol. The molecule has 0 fully saturated rings. The van der Waals surface area contributed by atoms with Gasteiger partial charge in [-0.2, -0.15) is 0 Å². The van der Waals surface area contributed by atoms with Crippen LogP contribution >= 0.6 is 0 Å². The first-order valence-electron chi connectivity index (χ1n) is 4.38. The number of ether oxygens (including phenoxy) is 1. The van der Waals surface area contributed by atoms with E-state index in [0.29, 0.717) is 5.92 Å². The first-order valence-corrected chi connectivity index (χ1v) is 4.38. The van der Waals surface area contributed by atoms with E-state index in [-0.39, 0.29) is 6.10 Å². The van der Waals surface area contributed by atoms with Gasteiger partial charge < -0.3 is 9.84 Å². The number of methoxy groups -OCH3 is 1. The fraction of sp³-hybridized carbons (Fsp3) is 0.800. The van der Waals surface area contributed by atoms with Crippen LogP contribution in [-0.4, -0.2) is 24.4 Å². The highest BCUT2D eigenvalue weighted by Gasteiger charge is 2.15. The van der Waals surface area contributed by atoms with Crippen LogP contribution in [-0.2, 0) is 4.74 Å². The Labute approximate surface area is 75.2 Å². The summed E-state index contributed by atoms with van der Waals surface area (Å²) < 4.78 is 5.16. The fourth-order valence-electron chi connectivity index (χ4n) is 1.38. The van der Waals surface area contributed by atoms with Crippen molar-refractivity contribution in [1.29, 1.82) is 0 Å². The maximum absolute atomic E-state index is 9.33. The molecule has 72 valence electrons. The van der Waals surface area contributed by atoms with Crippen LogP contribution in [0.15, 0.2) is 11.6 Å². The third-order valence-corrected chi connectivity index (χ3v) is 1.74. The predicted octanol–water partition coefficient (Wildman–Crippen LogP) is 1.98. The minimum Gasteiger partial charge on any atom is -0.390 e. The summed E-state index contributed by atoms with van der Waals surface area (Å²) in [6.07, 6.45) is 1.51. The van der Waals surface area contributed by atoms with E-state index in [4.69, 9.17) is 4.74 Å². The van der Waals surface area contributed by atoms with Crippen LogP contribution in [0.4, 0.5) is 0 Å². The van der Waals surface area contributed by atoms with Crippen LogP contribution in [0.2, 0.25) is 0 Å². The van der Waals surface area contributed by atoms with Crippen molar-refractivity contribution in [3.8, 4) is 0 Å². The number of hydrogen-bond donors (Lipinski definition) is 1. The van der Waals surface area contributed by atoms with Crippen LogP contribution < -0.4 is 0 Å². The van der Waals surface area contributed by atoms with Crippen molar-refractivity contribution in [3.63, 3.8) is 0 Å². The molecule has 0 aliphatic rings. The zero-order chi connectivity index (χ0) is 9.72. The van der Waals surface area contributed by atoms with Crippen molar-refractivity contribution >= 4 is 0 Å². The Kier molecular flexibility index (Phi) is 5.18. The van der Waals surface area contributed by atoms with Crippen molar-refractivity contribution in [2.45, 2.75) is 39.9 Å². The van der Waals surface area contributed by atoms with E-state index >= 15 is 0 Å². The van der Waals surface area contributed by atoms with Crippen LogP contribution in [0, 0.1) is 5.92 Å². The van der Waals surface area contributed by atoms with Crippen molar-refractivity contribution in [2.75, 3.05) is 7.11 Å². The van der Waals surface area contributed by atoms with E-state index in [1.807, 2.05) is 6.92 Å². The zero-order valence-corrected chi connectivity index (χ0v) is 8.66. The van der Waals surface area contributed by atoms with Gasteiger partial charge in [-0.3, -0.25) is 0 Å². The summed E-state index contributed by atoms with van der Waals surface area (Å²) in [5.74, 6) is 0.501. The molecule has 0 spiro atoms. The first-order chi connectivity index (χ1) is 5.49. The van der Waals surface area contributed by atoms with Crippen LogP contribution in [0.3, 0.4) is 0 Å². The summed E-state index contributed by atoms with van der Waals surface area (Å²) in [7, 11) is 1.62. The number of allylic oxidation sites excluding steroid dienone is 1. The normalized spacial score (nSPS) is 18.1. The number of aliphatic hydroxyl groups is 1. The molecule has 0 radical (unpaired) electrons. The Balaban J connectivity index is 4.30. The molecule has 2 unspecified atom stereocenters. The highest BCUT2D eigenvalue weighted by atomic mass is 16.5. The van der Waals surface area contributed by atoms with Gasteiger partial charge in [0.2, 0.25) is 0 Å². The van der Waals surface area contributed by atoms with Crippen molar-refractivity contribution in [3.05, 3.63) is 11.6 Å². The van der Waals surface area contributed by atoms with Crippen molar-refractivity contribution in [2.24, 2.45) is 5.92 Å². The third-order valence-electron chi connectivity index (χ3n) is 1.74. The molecule has 0 saturated carbocycles. The molecule has 0 saturated heterocycles. The SMILES string of the molecule is COC(/C(C)=C/C(C)C)C(C)O. The molecule has 2 nitrogen and oxygen atoms in total.